The van der Waals surface area contributed by atoms with Crippen LogP contribution in [0.4, 0.5) is 4.39 Å². The summed E-state index contributed by atoms with van der Waals surface area (Å²) in [5, 5.41) is 2.63. The van der Waals surface area contributed by atoms with E-state index in [4.69, 9.17) is 4.74 Å². The lowest BCUT2D eigenvalue weighted by atomic mass is 10.0. The van der Waals surface area contributed by atoms with Crippen molar-refractivity contribution in [3.05, 3.63) is 35.6 Å². The van der Waals surface area contributed by atoms with E-state index >= 15 is 0 Å². The summed E-state index contributed by atoms with van der Waals surface area (Å²) in [6.07, 6.45) is -0.0302. The third-order valence-electron chi connectivity index (χ3n) is 2.48. The van der Waals surface area contributed by atoms with Gasteiger partial charge in [-0.15, -0.1) is 0 Å². The van der Waals surface area contributed by atoms with Crippen LogP contribution in [-0.4, -0.2) is 32.7 Å². The molecule has 0 aliphatic carbocycles. The fourth-order valence-electron chi connectivity index (χ4n) is 1.56. The van der Waals surface area contributed by atoms with Gasteiger partial charge in [0.25, 0.3) is 0 Å². The minimum Gasteiger partial charge on any atom is -0.469 e. The number of benzene rings is 1. The number of rotatable bonds is 6. The molecule has 0 aliphatic rings. The third kappa shape index (κ3) is 5.05. The molecule has 6 heteroatoms. The summed E-state index contributed by atoms with van der Waals surface area (Å²) in [4.78, 5) is 22.8. The lowest BCUT2D eigenvalue weighted by Gasteiger charge is -2.18. The molecule has 0 unspecified atom stereocenters. The highest BCUT2D eigenvalue weighted by molar-refractivity contribution is 5.79. The normalized spacial score (nSPS) is 11.7. The molecular formula is C13H16FNO4. The first-order chi connectivity index (χ1) is 9.06. The summed E-state index contributed by atoms with van der Waals surface area (Å²) in [6, 6.07) is 4.98. The Morgan fingerprint density at radius 2 is 1.89 bits per heavy atom. The summed E-state index contributed by atoms with van der Waals surface area (Å²) in [5.74, 6) is -1.21. The molecule has 1 atom stereocenters. The molecule has 1 rings (SSSR count). The molecule has 1 N–H and O–H groups in total. The van der Waals surface area contributed by atoms with Crippen molar-refractivity contribution < 1.29 is 23.5 Å². The summed E-state index contributed by atoms with van der Waals surface area (Å²) in [6.45, 7) is -0.112. The van der Waals surface area contributed by atoms with Gasteiger partial charge >= 0.3 is 5.97 Å². The predicted molar refractivity (Wildman–Crippen MR) is 65.8 cm³/mol. The van der Waals surface area contributed by atoms with E-state index in [0.29, 0.717) is 5.56 Å². The third-order valence-corrected chi connectivity index (χ3v) is 2.48. The average Bonchev–Trinajstić information content (AvgIpc) is 2.39. The van der Waals surface area contributed by atoms with Gasteiger partial charge in [0.05, 0.1) is 19.6 Å². The van der Waals surface area contributed by atoms with Crippen LogP contribution in [-0.2, 0) is 19.1 Å². The van der Waals surface area contributed by atoms with Crippen molar-refractivity contribution in [2.45, 2.75) is 12.5 Å². The molecule has 1 amide bonds. The van der Waals surface area contributed by atoms with Crippen molar-refractivity contribution in [3.8, 4) is 0 Å². The molecule has 0 radical (unpaired) electrons. The van der Waals surface area contributed by atoms with Gasteiger partial charge in [-0.25, -0.2) is 4.39 Å². The number of amides is 1. The second-order valence-corrected chi connectivity index (χ2v) is 3.88. The zero-order chi connectivity index (χ0) is 14.3. The Hall–Kier alpha value is -1.95. The molecule has 0 fully saturated rings. The van der Waals surface area contributed by atoms with E-state index in [1.165, 1.54) is 38.5 Å². The molecule has 5 nitrogen and oxygen atoms in total. The first-order valence-corrected chi connectivity index (χ1v) is 5.67. The van der Waals surface area contributed by atoms with E-state index in [2.05, 4.69) is 10.1 Å². The number of esters is 1. The molecule has 19 heavy (non-hydrogen) atoms. The van der Waals surface area contributed by atoms with Crippen molar-refractivity contribution in [1.82, 2.24) is 5.32 Å². The van der Waals surface area contributed by atoms with Gasteiger partial charge in [0.1, 0.15) is 12.4 Å². The lowest BCUT2D eigenvalue weighted by Crippen LogP contribution is -2.32. The topological polar surface area (TPSA) is 64.6 Å². The Kier molecular flexibility index (Phi) is 5.95. The number of hydrogen-bond donors (Lipinski definition) is 1. The van der Waals surface area contributed by atoms with E-state index < -0.39 is 12.0 Å². The number of halogens is 1. The van der Waals surface area contributed by atoms with Crippen LogP contribution in [0.2, 0.25) is 0 Å². The van der Waals surface area contributed by atoms with Crippen molar-refractivity contribution in [2.75, 3.05) is 20.8 Å². The van der Waals surface area contributed by atoms with Crippen molar-refractivity contribution in [2.24, 2.45) is 0 Å². The smallest absolute Gasteiger partial charge is 0.307 e. The van der Waals surface area contributed by atoms with Crippen molar-refractivity contribution >= 4 is 11.9 Å². The molecule has 0 bridgehead atoms. The van der Waals surface area contributed by atoms with Gasteiger partial charge in [-0.3, -0.25) is 9.59 Å². The van der Waals surface area contributed by atoms with Crippen molar-refractivity contribution in [3.63, 3.8) is 0 Å². The number of hydrogen-bond acceptors (Lipinski definition) is 4. The SMILES string of the molecule is COCC(=O)N[C@@H](CC(=O)OC)c1ccc(F)cc1. The largest absolute Gasteiger partial charge is 0.469 e. The first-order valence-electron chi connectivity index (χ1n) is 5.67. The van der Waals surface area contributed by atoms with E-state index in [1.807, 2.05) is 0 Å². The van der Waals surface area contributed by atoms with Crippen LogP contribution in [0.3, 0.4) is 0 Å². The van der Waals surface area contributed by atoms with E-state index in [-0.39, 0.29) is 24.8 Å². The molecule has 0 saturated heterocycles. The summed E-state index contributed by atoms with van der Waals surface area (Å²) < 4.78 is 22.1. The number of methoxy groups -OCH3 is 2. The van der Waals surface area contributed by atoms with Crippen LogP contribution >= 0.6 is 0 Å². The molecule has 0 spiro atoms. The summed E-state index contributed by atoms with van der Waals surface area (Å²) >= 11 is 0. The van der Waals surface area contributed by atoms with Gasteiger partial charge < -0.3 is 14.8 Å². The molecular weight excluding hydrogens is 253 g/mol. The molecule has 0 saturated carbocycles. The second-order valence-electron chi connectivity index (χ2n) is 3.88. The fraction of sp³-hybridized carbons (Fsp3) is 0.385. The number of carbonyl (C=O) groups excluding carboxylic acids is 2. The van der Waals surface area contributed by atoms with E-state index in [9.17, 15) is 14.0 Å². The van der Waals surface area contributed by atoms with Crippen LogP contribution in [0.1, 0.15) is 18.0 Å². The highest BCUT2D eigenvalue weighted by atomic mass is 19.1. The number of nitrogens with one attached hydrogen (secondary N) is 1. The van der Waals surface area contributed by atoms with Gasteiger partial charge in [-0.2, -0.15) is 0 Å². The number of carbonyl (C=O) groups is 2. The second kappa shape index (κ2) is 7.48. The monoisotopic (exact) mass is 269 g/mol. The maximum absolute atomic E-state index is 12.9. The van der Waals surface area contributed by atoms with Gasteiger partial charge in [0, 0.05) is 7.11 Å². The Balaban J connectivity index is 2.82. The van der Waals surface area contributed by atoms with E-state index in [0.717, 1.165) is 0 Å². The van der Waals surface area contributed by atoms with Crippen molar-refractivity contribution in [1.29, 1.82) is 0 Å². The predicted octanol–water partition coefficient (Wildman–Crippen LogP) is 1.19. The number of ether oxygens (including phenoxy) is 2. The van der Waals surface area contributed by atoms with Crippen LogP contribution < -0.4 is 5.32 Å². The maximum atomic E-state index is 12.9. The lowest BCUT2D eigenvalue weighted by molar-refractivity contribution is -0.141. The zero-order valence-electron chi connectivity index (χ0n) is 10.8. The fourth-order valence-corrected chi connectivity index (χ4v) is 1.56. The van der Waals surface area contributed by atoms with Crippen LogP contribution in [0.25, 0.3) is 0 Å². The highest BCUT2D eigenvalue weighted by Crippen LogP contribution is 2.18. The molecule has 1 aromatic rings. The molecule has 0 aromatic heterocycles. The van der Waals surface area contributed by atoms with E-state index in [1.54, 1.807) is 0 Å². The zero-order valence-corrected chi connectivity index (χ0v) is 10.8. The summed E-state index contributed by atoms with van der Waals surface area (Å²) in [5.41, 5.74) is 0.622. The maximum Gasteiger partial charge on any atom is 0.307 e. The first kappa shape index (κ1) is 15.1. The highest BCUT2D eigenvalue weighted by Gasteiger charge is 2.18. The molecule has 0 aliphatic heterocycles. The van der Waals surface area contributed by atoms with Crippen LogP contribution in [0.5, 0.6) is 0 Å². The van der Waals surface area contributed by atoms with Gasteiger partial charge in [-0.1, -0.05) is 12.1 Å². The van der Waals surface area contributed by atoms with Gasteiger partial charge in [0.2, 0.25) is 5.91 Å². The average molecular weight is 269 g/mol. The summed E-state index contributed by atoms with van der Waals surface area (Å²) in [7, 11) is 2.66. The Morgan fingerprint density at radius 3 is 2.42 bits per heavy atom. The molecule has 104 valence electrons. The standard InChI is InChI=1S/C13H16FNO4/c1-18-8-12(16)15-11(7-13(17)19-2)9-3-5-10(14)6-4-9/h3-6,11H,7-8H2,1-2H3,(H,15,16)/t11-/m0/s1. The minimum absolute atomic E-state index is 0.0302. The molecule has 1 aromatic carbocycles. The minimum atomic E-state index is -0.573. The quantitative estimate of drug-likeness (QED) is 0.788. The van der Waals surface area contributed by atoms with Gasteiger partial charge in [0.15, 0.2) is 0 Å². The Morgan fingerprint density at radius 1 is 1.26 bits per heavy atom. The van der Waals surface area contributed by atoms with Gasteiger partial charge in [-0.05, 0) is 17.7 Å². The molecule has 0 heterocycles. The van der Waals surface area contributed by atoms with Crippen LogP contribution in [0, 0.1) is 5.82 Å². The van der Waals surface area contributed by atoms with Crippen LogP contribution in [0.15, 0.2) is 24.3 Å². The Labute approximate surface area is 110 Å². The Bertz CT molecular complexity index is 433.